The number of anilines is 1. The number of H-pyrrole nitrogens is 2. The summed E-state index contributed by atoms with van der Waals surface area (Å²) in [6.07, 6.45) is 3.08. The first kappa shape index (κ1) is 14.2. The van der Waals surface area contributed by atoms with Gasteiger partial charge in [-0.25, -0.2) is 15.0 Å². The number of aromatic nitrogens is 5. The summed E-state index contributed by atoms with van der Waals surface area (Å²) in [5, 5.41) is 13.7. The summed E-state index contributed by atoms with van der Waals surface area (Å²) < 4.78 is 0. The van der Waals surface area contributed by atoms with Gasteiger partial charge in [0.05, 0.1) is 6.33 Å². The molecule has 0 atom stereocenters. The van der Waals surface area contributed by atoms with Gasteiger partial charge in [0.2, 0.25) is 0 Å². The second kappa shape index (κ2) is 5.53. The van der Waals surface area contributed by atoms with Gasteiger partial charge in [-0.3, -0.25) is 0 Å². The predicted octanol–water partition coefficient (Wildman–Crippen LogP) is 2.57. The van der Waals surface area contributed by atoms with Crippen LogP contribution in [0.15, 0.2) is 36.9 Å². The fourth-order valence-corrected chi connectivity index (χ4v) is 2.36. The highest BCUT2D eigenvalue weighted by molar-refractivity contribution is 5.85. The number of hydrogen-bond donors (Lipinski definition) is 4. The van der Waals surface area contributed by atoms with E-state index in [-0.39, 0.29) is 18.3 Å². The molecule has 4 N–H and O–H groups in total. The number of benzene rings is 1. The first-order chi connectivity index (χ1) is 10.3. The van der Waals surface area contributed by atoms with Gasteiger partial charge in [-0.15, -0.1) is 12.4 Å². The summed E-state index contributed by atoms with van der Waals surface area (Å²) in [5.74, 6) is 0.889. The molecular weight excluding hydrogens is 304 g/mol. The Labute approximate surface area is 131 Å². The number of imidazole rings is 1. The van der Waals surface area contributed by atoms with Crippen molar-refractivity contribution in [2.75, 3.05) is 5.32 Å². The van der Waals surface area contributed by atoms with Gasteiger partial charge in [-0.1, -0.05) is 6.07 Å². The van der Waals surface area contributed by atoms with E-state index in [0.717, 1.165) is 27.8 Å². The normalized spacial score (nSPS) is 10.7. The van der Waals surface area contributed by atoms with E-state index in [9.17, 15) is 5.11 Å². The molecule has 8 heteroatoms. The molecule has 0 aliphatic heterocycles. The standard InChI is InChI=1S/C14H12N6O.ClH/c21-11-4-9-3-8(1-2-10(9)20-11)5-15-13-12-14(17-6-16-12)19-7-18-13;/h1-4,6-7,20-21H,5H2,(H2,15,16,17,18,19);1H. The van der Waals surface area contributed by atoms with Crippen molar-refractivity contribution in [2.45, 2.75) is 6.54 Å². The molecule has 112 valence electrons. The highest BCUT2D eigenvalue weighted by atomic mass is 35.5. The van der Waals surface area contributed by atoms with Crippen LogP contribution in [-0.2, 0) is 6.54 Å². The molecule has 0 saturated heterocycles. The Balaban J connectivity index is 0.00000144. The molecule has 4 rings (SSSR count). The largest absolute Gasteiger partial charge is 0.495 e. The SMILES string of the molecule is Cl.Oc1cc2cc(CNc3ncnc4nc[nH]c34)ccc2[nH]1. The van der Waals surface area contributed by atoms with Crippen LogP contribution < -0.4 is 5.32 Å². The van der Waals surface area contributed by atoms with Crippen LogP contribution >= 0.6 is 12.4 Å². The molecule has 3 heterocycles. The van der Waals surface area contributed by atoms with Crippen LogP contribution in [0.5, 0.6) is 5.88 Å². The fraction of sp³-hybridized carbons (Fsp3) is 0.0714. The minimum atomic E-state index is 0. The smallest absolute Gasteiger partial charge is 0.189 e. The van der Waals surface area contributed by atoms with Crippen molar-refractivity contribution in [3.05, 3.63) is 42.5 Å². The van der Waals surface area contributed by atoms with E-state index in [1.54, 1.807) is 12.4 Å². The Morgan fingerprint density at radius 1 is 1.14 bits per heavy atom. The summed E-state index contributed by atoms with van der Waals surface area (Å²) in [6.45, 7) is 0.618. The van der Waals surface area contributed by atoms with Crippen LogP contribution in [0.1, 0.15) is 5.56 Å². The maximum atomic E-state index is 9.45. The summed E-state index contributed by atoms with van der Waals surface area (Å²) >= 11 is 0. The van der Waals surface area contributed by atoms with E-state index in [2.05, 4.69) is 30.2 Å². The van der Waals surface area contributed by atoms with Gasteiger partial charge >= 0.3 is 0 Å². The van der Waals surface area contributed by atoms with Crippen molar-refractivity contribution >= 4 is 40.3 Å². The quantitative estimate of drug-likeness (QED) is 0.465. The van der Waals surface area contributed by atoms with Crippen molar-refractivity contribution < 1.29 is 5.11 Å². The molecule has 0 saturated carbocycles. The van der Waals surface area contributed by atoms with E-state index in [4.69, 9.17) is 0 Å². The Bertz CT molecular complexity index is 931. The lowest BCUT2D eigenvalue weighted by atomic mass is 10.1. The Morgan fingerprint density at radius 3 is 2.95 bits per heavy atom. The highest BCUT2D eigenvalue weighted by Gasteiger charge is 2.06. The minimum absolute atomic E-state index is 0. The minimum Gasteiger partial charge on any atom is -0.495 e. The van der Waals surface area contributed by atoms with Crippen molar-refractivity contribution in [3.63, 3.8) is 0 Å². The van der Waals surface area contributed by atoms with Gasteiger partial charge in [-0.05, 0) is 17.7 Å². The van der Waals surface area contributed by atoms with Crippen LogP contribution in [-0.4, -0.2) is 30.0 Å². The number of fused-ring (bicyclic) bond motifs is 2. The average Bonchev–Trinajstić information content (AvgIpc) is 3.09. The van der Waals surface area contributed by atoms with Gasteiger partial charge in [0, 0.05) is 23.5 Å². The topological polar surface area (TPSA) is 103 Å². The summed E-state index contributed by atoms with van der Waals surface area (Å²) in [7, 11) is 0. The van der Waals surface area contributed by atoms with Crippen LogP contribution in [0.25, 0.3) is 22.1 Å². The second-order valence-corrected chi connectivity index (χ2v) is 4.75. The van der Waals surface area contributed by atoms with Crippen molar-refractivity contribution in [1.82, 2.24) is 24.9 Å². The van der Waals surface area contributed by atoms with Crippen LogP contribution in [0, 0.1) is 0 Å². The van der Waals surface area contributed by atoms with Gasteiger partial charge in [0.1, 0.15) is 11.8 Å². The zero-order valence-electron chi connectivity index (χ0n) is 11.4. The molecule has 0 fully saturated rings. The van der Waals surface area contributed by atoms with E-state index in [1.165, 1.54) is 6.33 Å². The Morgan fingerprint density at radius 2 is 2.05 bits per heavy atom. The van der Waals surface area contributed by atoms with Crippen molar-refractivity contribution in [3.8, 4) is 5.88 Å². The fourth-order valence-electron chi connectivity index (χ4n) is 2.36. The van der Waals surface area contributed by atoms with E-state index < -0.39 is 0 Å². The molecular formula is C14H13ClN6O. The number of nitrogens with zero attached hydrogens (tertiary/aromatic N) is 3. The molecule has 0 spiro atoms. The lowest BCUT2D eigenvalue weighted by Crippen LogP contribution is -2.02. The van der Waals surface area contributed by atoms with Crippen molar-refractivity contribution in [2.24, 2.45) is 0 Å². The van der Waals surface area contributed by atoms with E-state index in [1.807, 2.05) is 18.2 Å². The third-order valence-electron chi connectivity index (χ3n) is 3.35. The lowest BCUT2D eigenvalue weighted by molar-refractivity contribution is 0.458. The Hall–Kier alpha value is -2.80. The molecule has 0 radical (unpaired) electrons. The van der Waals surface area contributed by atoms with E-state index >= 15 is 0 Å². The highest BCUT2D eigenvalue weighted by Crippen LogP contribution is 2.21. The molecule has 0 aliphatic rings. The van der Waals surface area contributed by atoms with Gasteiger partial charge < -0.3 is 20.4 Å². The van der Waals surface area contributed by atoms with Crippen LogP contribution in [0.4, 0.5) is 5.82 Å². The molecule has 7 nitrogen and oxygen atoms in total. The summed E-state index contributed by atoms with van der Waals surface area (Å²) in [5.41, 5.74) is 3.43. The van der Waals surface area contributed by atoms with Gasteiger partial charge in [0.25, 0.3) is 0 Å². The molecule has 0 amide bonds. The summed E-state index contributed by atoms with van der Waals surface area (Å²) in [4.78, 5) is 18.3. The number of hydrogen-bond acceptors (Lipinski definition) is 5. The van der Waals surface area contributed by atoms with Crippen LogP contribution in [0.2, 0.25) is 0 Å². The molecule has 0 unspecified atom stereocenters. The monoisotopic (exact) mass is 316 g/mol. The molecule has 1 aromatic carbocycles. The molecule has 3 aromatic heterocycles. The molecule has 0 bridgehead atoms. The summed E-state index contributed by atoms with van der Waals surface area (Å²) in [6, 6.07) is 7.66. The number of aromatic hydroxyl groups is 1. The number of aromatic amines is 2. The van der Waals surface area contributed by atoms with Gasteiger partial charge in [0.15, 0.2) is 17.3 Å². The zero-order valence-corrected chi connectivity index (χ0v) is 12.2. The number of halogens is 1. The lowest BCUT2D eigenvalue weighted by Gasteiger charge is -2.06. The molecule has 4 aromatic rings. The maximum absolute atomic E-state index is 9.45. The second-order valence-electron chi connectivity index (χ2n) is 4.75. The maximum Gasteiger partial charge on any atom is 0.189 e. The number of rotatable bonds is 3. The third kappa shape index (κ3) is 2.42. The predicted molar refractivity (Wildman–Crippen MR) is 86.2 cm³/mol. The van der Waals surface area contributed by atoms with Gasteiger partial charge in [-0.2, -0.15) is 0 Å². The molecule has 0 aliphatic carbocycles. The average molecular weight is 317 g/mol. The zero-order chi connectivity index (χ0) is 14.2. The Kier molecular flexibility index (Phi) is 3.56. The van der Waals surface area contributed by atoms with Crippen LogP contribution in [0.3, 0.4) is 0 Å². The first-order valence-corrected chi connectivity index (χ1v) is 6.48. The third-order valence-corrected chi connectivity index (χ3v) is 3.35. The number of nitrogens with one attached hydrogen (secondary N) is 3. The van der Waals surface area contributed by atoms with E-state index in [0.29, 0.717) is 12.2 Å². The molecule has 22 heavy (non-hydrogen) atoms. The van der Waals surface area contributed by atoms with Crippen molar-refractivity contribution in [1.29, 1.82) is 0 Å². The first-order valence-electron chi connectivity index (χ1n) is 6.48.